The van der Waals surface area contributed by atoms with Gasteiger partial charge in [-0.2, -0.15) is 0 Å². The molecule has 0 amide bonds. The Labute approximate surface area is 119 Å². The van der Waals surface area contributed by atoms with E-state index in [4.69, 9.17) is 16.3 Å². The summed E-state index contributed by atoms with van der Waals surface area (Å²) in [5.74, 6) is 0.793. The van der Waals surface area contributed by atoms with E-state index in [2.05, 4.69) is 0 Å². The Balaban J connectivity index is 2.59. The smallest absolute Gasteiger partial charge is 0.150 e. The number of hydrogen-bond donors (Lipinski definition) is 1. The Hall–Kier alpha value is -0.780. The van der Waals surface area contributed by atoms with E-state index in [0.717, 1.165) is 0 Å². The van der Waals surface area contributed by atoms with Gasteiger partial charge < -0.3 is 9.84 Å². The van der Waals surface area contributed by atoms with Gasteiger partial charge in [0.2, 0.25) is 0 Å². The van der Waals surface area contributed by atoms with Crippen molar-refractivity contribution in [3.05, 3.63) is 28.8 Å². The number of halogens is 1. The fourth-order valence-electron chi connectivity index (χ4n) is 1.58. The quantitative estimate of drug-likeness (QED) is 0.787. The van der Waals surface area contributed by atoms with Crippen molar-refractivity contribution in [2.45, 2.75) is 26.4 Å². The molecule has 108 valence electrons. The van der Waals surface area contributed by atoms with Gasteiger partial charge in [0.1, 0.15) is 15.6 Å². The van der Waals surface area contributed by atoms with Crippen molar-refractivity contribution in [3.63, 3.8) is 0 Å². The van der Waals surface area contributed by atoms with Gasteiger partial charge in [0.15, 0.2) is 0 Å². The molecule has 0 saturated heterocycles. The lowest BCUT2D eigenvalue weighted by Gasteiger charge is -2.13. The van der Waals surface area contributed by atoms with Gasteiger partial charge in [-0.25, -0.2) is 8.42 Å². The van der Waals surface area contributed by atoms with Crippen LogP contribution >= 0.6 is 11.6 Å². The SMILES string of the molecule is CCS(=O)(=O)CCCOc1ccc(Cl)cc1[C@@H](C)O. The third-order valence-corrected chi connectivity index (χ3v) is 4.74. The van der Waals surface area contributed by atoms with E-state index in [1.165, 1.54) is 0 Å². The summed E-state index contributed by atoms with van der Waals surface area (Å²) in [4.78, 5) is 0. The summed E-state index contributed by atoms with van der Waals surface area (Å²) < 4.78 is 28.1. The van der Waals surface area contributed by atoms with Gasteiger partial charge in [-0.1, -0.05) is 18.5 Å². The summed E-state index contributed by atoms with van der Waals surface area (Å²) in [7, 11) is -2.96. The minimum atomic E-state index is -2.96. The van der Waals surface area contributed by atoms with Crippen molar-refractivity contribution in [3.8, 4) is 5.75 Å². The molecule has 0 spiro atoms. The van der Waals surface area contributed by atoms with E-state index >= 15 is 0 Å². The van der Waals surface area contributed by atoms with Crippen LogP contribution in [0.25, 0.3) is 0 Å². The number of sulfone groups is 1. The average molecular weight is 307 g/mol. The van der Waals surface area contributed by atoms with E-state index in [1.807, 2.05) is 0 Å². The highest BCUT2D eigenvalue weighted by molar-refractivity contribution is 7.91. The van der Waals surface area contributed by atoms with E-state index in [0.29, 0.717) is 29.4 Å². The van der Waals surface area contributed by atoms with Crippen LogP contribution in [-0.2, 0) is 9.84 Å². The molecule has 1 aromatic carbocycles. The maximum absolute atomic E-state index is 11.3. The Morgan fingerprint density at radius 2 is 2.11 bits per heavy atom. The first-order valence-electron chi connectivity index (χ1n) is 6.16. The van der Waals surface area contributed by atoms with Crippen LogP contribution in [-0.4, -0.2) is 31.6 Å². The van der Waals surface area contributed by atoms with Gasteiger partial charge in [0, 0.05) is 16.3 Å². The zero-order valence-electron chi connectivity index (χ0n) is 11.1. The molecule has 0 fully saturated rings. The van der Waals surface area contributed by atoms with Crippen molar-refractivity contribution < 1.29 is 18.3 Å². The summed E-state index contributed by atoms with van der Waals surface area (Å²) in [6.45, 7) is 3.54. The molecule has 0 radical (unpaired) electrons. The summed E-state index contributed by atoms with van der Waals surface area (Å²) in [5.41, 5.74) is 0.603. The molecule has 1 atom stereocenters. The van der Waals surface area contributed by atoms with Gasteiger partial charge in [0.05, 0.1) is 18.5 Å². The van der Waals surface area contributed by atoms with Crippen LogP contribution in [0.15, 0.2) is 18.2 Å². The second-order valence-electron chi connectivity index (χ2n) is 4.30. The van der Waals surface area contributed by atoms with Crippen LogP contribution in [0.2, 0.25) is 5.02 Å². The molecule has 0 aliphatic heterocycles. The van der Waals surface area contributed by atoms with Crippen LogP contribution in [0, 0.1) is 0 Å². The van der Waals surface area contributed by atoms with Gasteiger partial charge in [-0.15, -0.1) is 0 Å². The molecule has 0 bridgehead atoms. The summed E-state index contributed by atoms with van der Waals surface area (Å²) in [6.07, 6.45) is -0.258. The number of ether oxygens (including phenoxy) is 1. The Morgan fingerprint density at radius 3 is 2.68 bits per heavy atom. The molecule has 19 heavy (non-hydrogen) atoms. The number of benzene rings is 1. The van der Waals surface area contributed by atoms with Crippen molar-refractivity contribution in [2.75, 3.05) is 18.1 Å². The van der Waals surface area contributed by atoms with Crippen molar-refractivity contribution >= 4 is 21.4 Å². The number of aliphatic hydroxyl groups excluding tert-OH is 1. The maximum atomic E-state index is 11.3. The van der Waals surface area contributed by atoms with Crippen LogP contribution in [0.5, 0.6) is 5.75 Å². The molecule has 0 saturated carbocycles. The first-order chi connectivity index (χ1) is 8.85. The minimum Gasteiger partial charge on any atom is -0.493 e. The van der Waals surface area contributed by atoms with Crippen LogP contribution in [0.4, 0.5) is 0 Å². The van der Waals surface area contributed by atoms with Crippen LogP contribution < -0.4 is 4.74 Å². The monoisotopic (exact) mass is 306 g/mol. The highest BCUT2D eigenvalue weighted by atomic mass is 35.5. The van der Waals surface area contributed by atoms with Crippen molar-refractivity contribution in [1.29, 1.82) is 0 Å². The fourth-order valence-corrected chi connectivity index (χ4v) is 2.61. The standard InChI is InChI=1S/C13H19ClO4S/c1-3-19(16,17)8-4-7-18-13-6-5-11(14)9-12(13)10(2)15/h5-6,9-10,15H,3-4,7-8H2,1-2H3/t10-/m1/s1. The lowest BCUT2D eigenvalue weighted by atomic mass is 10.1. The van der Waals surface area contributed by atoms with Gasteiger partial charge in [0.25, 0.3) is 0 Å². The molecule has 1 rings (SSSR count). The van der Waals surface area contributed by atoms with Gasteiger partial charge in [-0.3, -0.25) is 0 Å². The molecule has 0 aromatic heterocycles. The number of hydrogen-bond acceptors (Lipinski definition) is 4. The normalized spacial score (nSPS) is 13.3. The topological polar surface area (TPSA) is 63.6 Å². The van der Waals surface area contributed by atoms with E-state index in [9.17, 15) is 13.5 Å². The second-order valence-corrected chi connectivity index (χ2v) is 7.21. The Kier molecular flexibility index (Phi) is 6.10. The predicted molar refractivity (Wildman–Crippen MR) is 76.5 cm³/mol. The average Bonchev–Trinajstić information content (AvgIpc) is 2.36. The first-order valence-corrected chi connectivity index (χ1v) is 8.36. The van der Waals surface area contributed by atoms with Crippen LogP contribution in [0.1, 0.15) is 31.9 Å². The molecular formula is C13H19ClO4S. The largest absolute Gasteiger partial charge is 0.493 e. The lowest BCUT2D eigenvalue weighted by molar-refractivity contribution is 0.191. The van der Waals surface area contributed by atoms with E-state index in [1.54, 1.807) is 32.0 Å². The summed E-state index contributed by atoms with van der Waals surface area (Å²) in [5, 5.41) is 10.1. The zero-order valence-corrected chi connectivity index (χ0v) is 12.7. The van der Waals surface area contributed by atoms with Gasteiger partial charge >= 0.3 is 0 Å². The van der Waals surface area contributed by atoms with Crippen molar-refractivity contribution in [2.24, 2.45) is 0 Å². The molecule has 6 heteroatoms. The fraction of sp³-hybridized carbons (Fsp3) is 0.538. The van der Waals surface area contributed by atoms with Gasteiger partial charge in [-0.05, 0) is 31.5 Å². The molecule has 1 aromatic rings. The molecule has 1 N–H and O–H groups in total. The zero-order chi connectivity index (χ0) is 14.5. The third-order valence-electron chi connectivity index (χ3n) is 2.72. The number of aliphatic hydroxyl groups is 1. The van der Waals surface area contributed by atoms with E-state index in [-0.39, 0.29) is 11.5 Å². The third kappa shape index (κ3) is 5.38. The first kappa shape index (κ1) is 16.3. The van der Waals surface area contributed by atoms with Crippen molar-refractivity contribution in [1.82, 2.24) is 0 Å². The summed E-state index contributed by atoms with van der Waals surface area (Å²) in [6, 6.07) is 4.99. The molecular weight excluding hydrogens is 288 g/mol. The molecule has 0 heterocycles. The van der Waals surface area contributed by atoms with E-state index < -0.39 is 15.9 Å². The maximum Gasteiger partial charge on any atom is 0.150 e. The Bertz CT molecular complexity index is 511. The highest BCUT2D eigenvalue weighted by Crippen LogP contribution is 2.28. The number of rotatable bonds is 7. The minimum absolute atomic E-state index is 0.112. The predicted octanol–water partition coefficient (Wildman–Crippen LogP) is 2.60. The van der Waals surface area contributed by atoms with Crippen LogP contribution in [0.3, 0.4) is 0 Å². The lowest BCUT2D eigenvalue weighted by Crippen LogP contribution is -2.12. The summed E-state index contributed by atoms with van der Waals surface area (Å²) >= 11 is 5.85. The second kappa shape index (κ2) is 7.12. The molecule has 0 aliphatic carbocycles. The highest BCUT2D eigenvalue weighted by Gasteiger charge is 2.11. The molecule has 0 unspecified atom stereocenters. The molecule has 0 aliphatic rings. The molecule has 4 nitrogen and oxygen atoms in total. The Morgan fingerprint density at radius 1 is 1.42 bits per heavy atom.